The summed E-state index contributed by atoms with van der Waals surface area (Å²) in [6.45, 7) is 3.37. The van der Waals surface area contributed by atoms with Crippen LogP contribution in [0.2, 0.25) is 0 Å². The molecule has 1 aliphatic carbocycles. The van der Waals surface area contributed by atoms with E-state index in [4.69, 9.17) is 4.74 Å². The van der Waals surface area contributed by atoms with Gasteiger partial charge >= 0.3 is 5.97 Å². The first kappa shape index (κ1) is 19.0. The third-order valence-electron chi connectivity index (χ3n) is 5.09. The maximum atomic E-state index is 12.6. The molecule has 1 unspecified atom stereocenters. The molecule has 2 aromatic carbocycles. The van der Waals surface area contributed by atoms with E-state index < -0.39 is 12.1 Å². The summed E-state index contributed by atoms with van der Waals surface area (Å²) in [4.78, 5) is 26.0. The second-order valence-corrected chi connectivity index (χ2v) is 7.34. The average molecular weight is 390 g/mol. The molecule has 4 rings (SSSR count). The predicted molar refractivity (Wildman–Crippen MR) is 106 cm³/mol. The van der Waals surface area contributed by atoms with E-state index in [1.807, 2.05) is 49.4 Å². The molecule has 7 heteroatoms. The molecule has 0 saturated carbocycles. The molecule has 1 heterocycles. The van der Waals surface area contributed by atoms with Crippen LogP contribution in [0.4, 0.5) is 0 Å². The topological polar surface area (TPSA) is 87.0 Å². The highest BCUT2D eigenvalue weighted by atomic mass is 16.5. The largest absolute Gasteiger partial charge is 0.453 e. The summed E-state index contributed by atoms with van der Waals surface area (Å²) in [5.74, 6) is -0.361. The quantitative estimate of drug-likeness (QED) is 0.475. The number of carbonyl (C=O) groups is 2. The van der Waals surface area contributed by atoms with Gasteiger partial charge in [-0.25, -0.2) is 4.79 Å². The molecule has 1 atom stereocenters. The van der Waals surface area contributed by atoms with Crippen molar-refractivity contribution in [2.45, 2.75) is 45.8 Å². The van der Waals surface area contributed by atoms with Crippen LogP contribution in [0.5, 0.6) is 0 Å². The van der Waals surface area contributed by atoms with E-state index in [1.54, 1.807) is 6.92 Å². The van der Waals surface area contributed by atoms with Crippen LogP contribution >= 0.6 is 0 Å². The summed E-state index contributed by atoms with van der Waals surface area (Å²) in [5, 5.41) is 12.1. The number of benzene rings is 2. The molecule has 0 radical (unpaired) electrons. The highest BCUT2D eigenvalue weighted by molar-refractivity contribution is 6.00. The van der Waals surface area contributed by atoms with Crippen LogP contribution in [0, 0.1) is 6.92 Å². The zero-order chi connectivity index (χ0) is 20.4. The van der Waals surface area contributed by atoms with Gasteiger partial charge in [-0.15, -0.1) is 10.2 Å². The van der Waals surface area contributed by atoms with Gasteiger partial charge in [-0.2, -0.15) is 4.80 Å². The molecule has 0 amide bonds. The second kappa shape index (κ2) is 7.95. The van der Waals surface area contributed by atoms with Crippen LogP contribution in [0.15, 0.2) is 42.5 Å². The number of esters is 1. The molecule has 0 bridgehead atoms. The number of tetrazole rings is 1. The van der Waals surface area contributed by atoms with Crippen LogP contribution in [0.3, 0.4) is 0 Å². The van der Waals surface area contributed by atoms with Crippen molar-refractivity contribution in [3.05, 3.63) is 64.7 Å². The van der Waals surface area contributed by atoms with Crippen molar-refractivity contribution in [3.63, 3.8) is 0 Å². The minimum atomic E-state index is -0.873. The fourth-order valence-corrected chi connectivity index (χ4v) is 3.49. The Kier molecular flexibility index (Phi) is 5.20. The van der Waals surface area contributed by atoms with Crippen LogP contribution < -0.4 is 0 Å². The van der Waals surface area contributed by atoms with Crippen LogP contribution in [-0.4, -0.2) is 38.1 Å². The van der Waals surface area contributed by atoms with Gasteiger partial charge in [-0.1, -0.05) is 42.0 Å². The maximum absolute atomic E-state index is 12.6. The lowest BCUT2D eigenvalue weighted by Gasteiger charge is -2.12. The zero-order valence-corrected chi connectivity index (χ0v) is 16.5. The van der Waals surface area contributed by atoms with Gasteiger partial charge in [0.15, 0.2) is 12.6 Å². The molecule has 7 nitrogen and oxygen atoms in total. The van der Waals surface area contributed by atoms with Crippen LogP contribution in [0.25, 0.3) is 11.4 Å². The Morgan fingerprint density at radius 3 is 2.66 bits per heavy atom. The number of ketones is 1. The number of Topliss-reactive ketones (excluding diaryl/α,β-unsaturated/α-hetero) is 1. The van der Waals surface area contributed by atoms with Crippen LogP contribution in [-0.2, 0) is 28.9 Å². The SMILES string of the molecule is Cc1ccc(-c2nnn(CC(=O)OC(C)C(=O)c3ccc4c(c3)CCC4)n2)cc1. The minimum Gasteiger partial charge on any atom is -0.453 e. The van der Waals surface area contributed by atoms with Crippen molar-refractivity contribution in [1.29, 1.82) is 0 Å². The normalized spacial score (nSPS) is 13.7. The molecule has 1 aromatic heterocycles. The molecule has 1 aliphatic rings. The van der Waals surface area contributed by atoms with Crippen molar-refractivity contribution in [2.24, 2.45) is 0 Å². The number of rotatable bonds is 6. The van der Waals surface area contributed by atoms with E-state index >= 15 is 0 Å². The first-order valence-electron chi connectivity index (χ1n) is 9.70. The highest BCUT2D eigenvalue weighted by Crippen LogP contribution is 2.23. The Labute approximate surface area is 168 Å². The van der Waals surface area contributed by atoms with E-state index in [-0.39, 0.29) is 12.3 Å². The number of aryl methyl sites for hydroxylation is 3. The maximum Gasteiger partial charge on any atom is 0.330 e. The predicted octanol–water partition coefficient (Wildman–Crippen LogP) is 2.95. The van der Waals surface area contributed by atoms with E-state index in [9.17, 15) is 9.59 Å². The summed E-state index contributed by atoms with van der Waals surface area (Å²) in [7, 11) is 0. The Morgan fingerprint density at radius 2 is 1.86 bits per heavy atom. The van der Waals surface area contributed by atoms with Gasteiger partial charge in [0.1, 0.15) is 0 Å². The number of carbonyl (C=O) groups excluding carboxylic acids is 2. The Hall–Kier alpha value is -3.35. The number of hydrogen-bond acceptors (Lipinski definition) is 6. The third kappa shape index (κ3) is 4.23. The van der Waals surface area contributed by atoms with E-state index in [0.717, 1.165) is 30.4 Å². The van der Waals surface area contributed by atoms with Crippen molar-refractivity contribution in [3.8, 4) is 11.4 Å². The van der Waals surface area contributed by atoms with Gasteiger partial charge in [-0.05, 0) is 55.5 Å². The van der Waals surface area contributed by atoms with E-state index in [0.29, 0.717) is 11.4 Å². The smallest absolute Gasteiger partial charge is 0.330 e. The summed E-state index contributed by atoms with van der Waals surface area (Å²) in [5.41, 5.74) is 5.03. The lowest BCUT2D eigenvalue weighted by molar-refractivity contribution is -0.147. The summed E-state index contributed by atoms with van der Waals surface area (Å²) in [6.07, 6.45) is 2.30. The summed E-state index contributed by atoms with van der Waals surface area (Å²) >= 11 is 0. The van der Waals surface area contributed by atoms with Crippen molar-refractivity contribution >= 4 is 11.8 Å². The first-order chi connectivity index (χ1) is 14.0. The third-order valence-corrected chi connectivity index (χ3v) is 5.09. The van der Waals surface area contributed by atoms with Gasteiger partial charge < -0.3 is 4.74 Å². The molecule has 0 fully saturated rings. The summed E-state index contributed by atoms with van der Waals surface area (Å²) < 4.78 is 5.30. The van der Waals surface area contributed by atoms with Gasteiger partial charge in [-0.3, -0.25) is 4.79 Å². The van der Waals surface area contributed by atoms with Gasteiger partial charge in [0.05, 0.1) is 0 Å². The number of nitrogens with zero attached hydrogens (tertiary/aromatic N) is 4. The molecular weight excluding hydrogens is 368 g/mol. The monoisotopic (exact) mass is 390 g/mol. The molecule has 0 spiro atoms. The highest BCUT2D eigenvalue weighted by Gasteiger charge is 2.22. The lowest BCUT2D eigenvalue weighted by atomic mass is 10.0. The lowest BCUT2D eigenvalue weighted by Crippen LogP contribution is -2.27. The van der Waals surface area contributed by atoms with Crippen molar-refractivity contribution < 1.29 is 14.3 Å². The standard InChI is InChI=1S/C22H22N4O3/c1-14-6-8-17(9-7-14)22-23-25-26(24-22)13-20(27)29-15(2)21(28)19-11-10-16-4-3-5-18(16)12-19/h6-12,15H,3-5,13H2,1-2H3. The van der Waals surface area contributed by atoms with Crippen molar-refractivity contribution in [1.82, 2.24) is 20.2 Å². The van der Waals surface area contributed by atoms with Gasteiger partial charge in [0, 0.05) is 11.1 Å². The minimum absolute atomic E-state index is 0.208. The Balaban J connectivity index is 1.37. The number of ether oxygens (including phenoxy) is 1. The number of aromatic nitrogens is 4. The summed E-state index contributed by atoms with van der Waals surface area (Å²) in [6, 6.07) is 13.4. The fraction of sp³-hybridized carbons (Fsp3) is 0.318. The van der Waals surface area contributed by atoms with Gasteiger partial charge in [0.25, 0.3) is 0 Å². The van der Waals surface area contributed by atoms with Crippen molar-refractivity contribution in [2.75, 3.05) is 0 Å². The van der Waals surface area contributed by atoms with E-state index in [1.165, 1.54) is 15.9 Å². The number of fused-ring (bicyclic) bond motifs is 1. The first-order valence-corrected chi connectivity index (χ1v) is 9.70. The number of hydrogen-bond donors (Lipinski definition) is 0. The van der Waals surface area contributed by atoms with Gasteiger partial charge in [0.2, 0.25) is 11.6 Å². The van der Waals surface area contributed by atoms with E-state index in [2.05, 4.69) is 15.4 Å². The molecule has 0 saturated heterocycles. The Bertz CT molecular complexity index is 1060. The molecule has 3 aromatic rings. The molecular formula is C22H22N4O3. The molecule has 0 aliphatic heterocycles. The second-order valence-electron chi connectivity index (χ2n) is 7.34. The molecule has 0 N–H and O–H groups in total. The Morgan fingerprint density at radius 1 is 1.10 bits per heavy atom. The molecule has 29 heavy (non-hydrogen) atoms. The zero-order valence-electron chi connectivity index (χ0n) is 16.5. The molecule has 148 valence electrons. The van der Waals surface area contributed by atoms with Crippen LogP contribution in [0.1, 0.15) is 40.4 Å². The fourth-order valence-electron chi connectivity index (χ4n) is 3.49. The average Bonchev–Trinajstić information content (AvgIpc) is 3.36.